The molecule has 2 heterocycles. The van der Waals surface area contributed by atoms with Gasteiger partial charge in [-0.05, 0) is 63.4 Å². The highest BCUT2D eigenvalue weighted by atomic mass is 79.9. The number of aryl methyl sites for hydroxylation is 1. The molecule has 0 amide bonds. The molecule has 0 bridgehead atoms. The lowest BCUT2D eigenvalue weighted by Gasteiger charge is -2.24. The quantitative estimate of drug-likeness (QED) is 0.861. The molecule has 3 rings (SSSR count). The van der Waals surface area contributed by atoms with Gasteiger partial charge in [0.1, 0.15) is 5.82 Å². The minimum absolute atomic E-state index is 0.213. The average molecular weight is 340 g/mol. The number of hydrogen-bond donors (Lipinski definition) is 0. The molecule has 1 saturated heterocycles. The number of rotatable bonds is 3. The van der Waals surface area contributed by atoms with E-state index in [9.17, 15) is 4.39 Å². The molecular formula is C13H15BrFN5. The normalized spacial score (nSPS) is 19.6. The molecule has 20 heavy (non-hydrogen) atoms. The third kappa shape index (κ3) is 2.60. The van der Waals surface area contributed by atoms with E-state index in [1.165, 1.54) is 0 Å². The monoisotopic (exact) mass is 339 g/mol. The smallest absolute Gasteiger partial charge is 0.165 e. The third-order valence-electron chi connectivity index (χ3n) is 3.74. The minimum Gasteiger partial charge on any atom is -0.289 e. The maximum absolute atomic E-state index is 13.7. The summed E-state index contributed by atoms with van der Waals surface area (Å²) in [4.78, 5) is 2.30. The largest absolute Gasteiger partial charge is 0.289 e. The first-order valence-corrected chi connectivity index (χ1v) is 7.34. The van der Waals surface area contributed by atoms with Gasteiger partial charge in [-0.1, -0.05) is 6.07 Å². The van der Waals surface area contributed by atoms with Crippen LogP contribution in [-0.2, 0) is 13.6 Å². The van der Waals surface area contributed by atoms with Crippen molar-refractivity contribution in [3.05, 3.63) is 39.9 Å². The fourth-order valence-electron chi connectivity index (χ4n) is 2.68. The molecule has 106 valence electrons. The van der Waals surface area contributed by atoms with Crippen molar-refractivity contribution in [3.8, 4) is 0 Å². The van der Waals surface area contributed by atoms with E-state index in [2.05, 4.69) is 36.4 Å². The molecule has 0 aliphatic carbocycles. The highest BCUT2D eigenvalue weighted by Crippen LogP contribution is 2.34. The minimum atomic E-state index is -0.213. The summed E-state index contributed by atoms with van der Waals surface area (Å²) in [5.41, 5.74) is 1.01. The summed E-state index contributed by atoms with van der Waals surface area (Å²) >= 11 is 3.19. The molecule has 1 atom stereocenters. The van der Waals surface area contributed by atoms with Gasteiger partial charge in [-0.25, -0.2) is 9.07 Å². The molecule has 1 fully saturated rings. The van der Waals surface area contributed by atoms with Crippen LogP contribution in [0.5, 0.6) is 0 Å². The van der Waals surface area contributed by atoms with Gasteiger partial charge in [0.25, 0.3) is 0 Å². The summed E-state index contributed by atoms with van der Waals surface area (Å²) in [5, 5.41) is 11.5. The Morgan fingerprint density at radius 1 is 1.45 bits per heavy atom. The van der Waals surface area contributed by atoms with Crippen molar-refractivity contribution in [1.29, 1.82) is 0 Å². The Bertz CT molecular complexity index is 615. The molecule has 5 nitrogen and oxygen atoms in total. The molecule has 0 radical (unpaired) electrons. The van der Waals surface area contributed by atoms with Gasteiger partial charge in [0.05, 0.1) is 11.0 Å². The van der Waals surface area contributed by atoms with Gasteiger partial charge < -0.3 is 0 Å². The molecule has 1 aliphatic rings. The molecule has 0 saturated carbocycles. The molecule has 1 aromatic carbocycles. The van der Waals surface area contributed by atoms with Gasteiger partial charge in [0, 0.05) is 13.1 Å². The van der Waals surface area contributed by atoms with Gasteiger partial charge in [-0.15, -0.1) is 5.10 Å². The summed E-state index contributed by atoms with van der Waals surface area (Å²) in [6.45, 7) is 1.67. The van der Waals surface area contributed by atoms with Crippen LogP contribution < -0.4 is 0 Å². The Morgan fingerprint density at radius 2 is 2.30 bits per heavy atom. The van der Waals surface area contributed by atoms with Crippen LogP contribution >= 0.6 is 15.9 Å². The Labute approximate surface area is 124 Å². The van der Waals surface area contributed by atoms with E-state index in [1.807, 2.05) is 13.1 Å². The van der Waals surface area contributed by atoms with E-state index < -0.39 is 0 Å². The second-order valence-electron chi connectivity index (χ2n) is 5.02. The van der Waals surface area contributed by atoms with Crippen LogP contribution in [0, 0.1) is 5.82 Å². The second-order valence-corrected chi connectivity index (χ2v) is 5.88. The molecule has 1 unspecified atom stereocenters. The first-order chi connectivity index (χ1) is 9.65. The molecule has 1 aliphatic heterocycles. The number of aromatic nitrogens is 4. The SMILES string of the molecule is Cn1nnnc1CN1CCCC1c1ccc(Br)c(F)c1. The molecule has 1 aromatic heterocycles. The van der Waals surface area contributed by atoms with Crippen molar-refractivity contribution < 1.29 is 4.39 Å². The molecule has 0 N–H and O–H groups in total. The summed E-state index contributed by atoms with van der Waals surface area (Å²) in [6.07, 6.45) is 2.14. The number of benzene rings is 1. The predicted octanol–water partition coefficient (Wildman–Crippen LogP) is 2.45. The van der Waals surface area contributed by atoms with Crippen LogP contribution in [0.2, 0.25) is 0 Å². The number of hydrogen-bond acceptors (Lipinski definition) is 4. The van der Waals surface area contributed by atoms with Crippen LogP contribution in [-0.4, -0.2) is 31.7 Å². The van der Waals surface area contributed by atoms with Crippen molar-refractivity contribution in [1.82, 2.24) is 25.1 Å². The van der Waals surface area contributed by atoms with Crippen LogP contribution in [0.15, 0.2) is 22.7 Å². The van der Waals surface area contributed by atoms with Crippen LogP contribution in [0.3, 0.4) is 0 Å². The Balaban J connectivity index is 1.81. The molecule has 2 aromatic rings. The Hall–Kier alpha value is -1.34. The van der Waals surface area contributed by atoms with E-state index in [4.69, 9.17) is 0 Å². The van der Waals surface area contributed by atoms with Crippen molar-refractivity contribution in [2.75, 3.05) is 6.54 Å². The Kier molecular flexibility index (Phi) is 3.80. The van der Waals surface area contributed by atoms with E-state index >= 15 is 0 Å². The summed E-state index contributed by atoms with van der Waals surface area (Å²) < 4.78 is 15.9. The van der Waals surface area contributed by atoms with Crippen molar-refractivity contribution >= 4 is 15.9 Å². The lowest BCUT2D eigenvalue weighted by molar-refractivity contribution is 0.238. The summed E-state index contributed by atoms with van der Waals surface area (Å²) in [7, 11) is 1.83. The topological polar surface area (TPSA) is 46.8 Å². The maximum Gasteiger partial charge on any atom is 0.165 e. The van der Waals surface area contributed by atoms with Gasteiger partial charge in [0.2, 0.25) is 0 Å². The number of nitrogens with zero attached hydrogens (tertiary/aromatic N) is 5. The second kappa shape index (κ2) is 5.57. The fraction of sp³-hybridized carbons (Fsp3) is 0.462. The van der Waals surface area contributed by atoms with Crippen LogP contribution in [0.4, 0.5) is 4.39 Å². The lowest BCUT2D eigenvalue weighted by atomic mass is 10.0. The number of likely N-dealkylation sites (tertiary alicyclic amines) is 1. The van der Waals surface area contributed by atoms with Crippen LogP contribution in [0.25, 0.3) is 0 Å². The summed E-state index contributed by atoms with van der Waals surface area (Å²) in [5.74, 6) is 0.615. The molecule has 7 heteroatoms. The third-order valence-corrected chi connectivity index (χ3v) is 4.39. The summed E-state index contributed by atoms with van der Waals surface area (Å²) in [6, 6.07) is 5.59. The van der Waals surface area contributed by atoms with Gasteiger partial charge in [0.15, 0.2) is 5.82 Å². The number of tetrazole rings is 1. The number of halogens is 2. The van der Waals surface area contributed by atoms with Crippen molar-refractivity contribution in [3.63, 3.8) is 0 Å². The highest BCUT2D eigenvalue weighted by molar-refractivity contribution is 9.10. The predicted molar refractivity (Wildman–Crippen MR) is 75.3 cm³/mol. The first kappa shape index (κ1) is 13.6. The van der Waals surface area contributed by atoms with Crippen molar-refractivity contribution in [2.24, 2.45) is 7.05 Å². The van der Waals surface area contributed by atoms with E-state index in [0.29, 0.717) is 11.0 Å². The first-order valence-electron chi connectivity index (χ1n) is 6.55. The van der Waals surface area contributed by atoms with Gasteiger partial charge in [-0.3, -0.25) is 4.90 Å². The van der Waals surface area contributed by atoms with E-state index in [1.54, 1.807) is 16.8 Å². The molecular weight excluding hydrogens is 325 g/mol. The molecule has 0 spiro atoms. The Morgan fingerprint density at radius 3 is 3.00 bits per heavy atom. The van der Waals surface area contributed by atoms with Gasteiger partial charge >= 0.3 is 0 Å². The highest BCUT2D eigenvalue weighted by Gasteiger charge is 2.27. The zero-order valence-corrected chi connectivity index (χ0v) is 12.7. The van der Waals surface area contributed by atoms with E-state index in [0.717, 1.165) is 30.8 Å². The van der Waals surface area contributed by atoms with E-state index in [-0.39, 0.29) is 11.9 Å². The zero-order valence-electron chi connectivity index (χ0n) is 11.1. The lowest BCUT2D eigenvalue weighted by Crippen LogP contribution is -2.24. The van der Waals surface area contributed by atoms with Crippen LogP contribution in [0.1, 0.15) is 30.3 Å². The average Bonchev–Trinajstić information content (AvgIpc) is 3.04. The zero-order chi connectivity index (χ0) is 14.1. The fourth-order valence-corrected chi connectivity index (χ4v) is 2.92. The van der Waals surface area contributed by atoms with Gasteiger partial charge in [-0.2, -0.15) is 0 Å². The maximum atomic E-state index is 13.7. The van der Waals surface area contributed by atoms with Crippen molar-refractivity contribution in [2.45, 2.75) is 25.4 Å². The standard InChI is InChI=1S/C13H15BrFN5/c1-19-13(16-17-18-19)8-20-6-2-3-12(20)9-4-5-10(14)11(15)7-9/h4-5,7,12H,2-3,6,8H2,1H3.